The lowest BCUT2D eigenvalue weighted by Crippen LogP contribution is -2.33. The predicted octanol–water partition coefficient (Wildman–Crippen LogP) is 4.66. The van der Waals surface area contributed by atoms with E-state index in [1.54, 1.807) is 0 Å². The summed E-state index contributed by atoms with van der Waals surface area (Å²) in [6.07, 6.45) is 5.23. The molecule has 0 aromatic heterocycles. The monoisotopic (exact) mass is 271 g/mol. The predicted molar refractivity (Wildman–Crippen MR) is 74.7 cm³/mol. The lowest BCUT2D eigenvalue weighted by atomic mass is 9.87. The quantitative estimate of drug-likeness (QED) is 0.843. The highest BCUT2D eigenvalue weighted by molar-refractivity contribution is 6.35. The summed E-state index contributed by atoms with van der Waals surface area (Å²) in [5.74, 6) is 0.836. The van der Waals surface area contributed by atoms with Gasteiger partial charge in [-0.05, 0) is 30.9 Å². The van der Waals surface area contributed by atoms with E-state index in [1.165, 1.54) is 25.7 Å². The van der Waals surface area contributed by atoms with E-state index in [1.807, 2.05) is 18.2 Å². The van der Waals surface area contributed by atoms with Crippen LogP contribution in [0.5, 0.6) is 0 Å². The van der Waals surface area contributed by atoms with E-state index in [-0.39, 0.29) is 0 Å². The lowest BCUT2D eigenvalue weighted by molar-refractivity contribution is 0.300. The second-order valence-electron chi connectivity index (χ2n) is 5.05. The van der Waals surface area contributed by atoms with Gasteiger partial charge in [-0.25, -0.2) is 0 Å². The third kappa shape index (κ3) is 3.61. The maximum absolute atomic E-state index is 6.15. The van der Waals surface area contributed by atoms with Crippen LogP contribution in [0.25, 0.3) is 0 Å². The van der Waals surface area contributed by atoms with Gasteiger partial charge in [-0.1, -0.05) is 49.0 Å². The van der Waals surface area contributed by atoms with Gasteiger partial charge < -0.3 is 5.32 Å². The van der Waals surface area contributed by atoms with Crippen molar-refractivity contribution in [2.45, 2.75) is 45.2 Å². The first-order valence-electron chi connectivity index (χ1n) is 6.33. The van der Waals surface area contributed by atoms with Gasteiger partial charge >= 0.3 is 0 Å². The molecular weight excluding hydrogens is 253 g/mol. The van der Waals surface area contributed by atoms with Gasteiger partial charge in [0.2, 0.25) is 0 Å². The van der Waals surface area contributed by atoms with Gasteiger partial charge in [0.25, 0.3) is 0 Å². The average molecular weight is 272 g/mol. The fourth-order valence-corrected chi connectivity index (χ4v) is 3.10. The van der Waals surface area contributed by atoms with Gasteiger partial charge in [0, 0.05) is 28.2 Å². The molecule has 1 nitrogen and oxygen atoms in total. The molecule has 1 N–H and O–H groups in total. The molecule has 0 radical (unpaired) electrons. The van der Waals surface area contributed by atoms with Crippen molar-refractivity contribution < 1.29 is 0 Å². The molecule has 94 valence electrons. The Balaban J connectivity index is 1.93. The summed E-state index contributed by atoms with van der Waals surface area (Å²) in [5.41, 5.74) is 1.02. The molecule has 3 heteroatoms. The molecule has 1 aliphatic carbocycles. The van der Waals surface area contributed by atoms with Gasteiger partial charge in [0.15, 0.2) is 0 Å². The Labute approximate surface area is 114 Å². The highest BCUT2D eigenvalue weighted by Crippen LogP contribution is 2.26. The molecule has 17 heavy (non-hydrogen) atoms. The summed E-state index contributed by atoms with van der Waals surface area (Å²) in [5, 5.41) is 5.10. The first kappa shape index (κ1) is 13.2. The Hall–Kier alpha value is -0.240. The second-order valence-corrected chi connectivity index (χ2v) is 5.86. The van der Waals surface area contributed by atoms with Crippen LogP contribution >= 0.6 is 23.2 Å². The normalized spacial score (nSPS) is 24.9. The summed E-state index contributed by atoms with van der Waals surface area (Å²) in [4.78, 5) is 0. The van der Waals surface area contributed by atoms with Crippen LogP contribution in [-0.2, 0) is 6.54 Å². The number of hydrogen-bond acceptors (Lipinski definition) is 1. The molecule has 1 aromatic carbocycles. The number of rotatable bonds is 3. The van der Waals surface area contributed by atoms with Crippen LogP contribution < -0.4 is 5.32 Å². The van der Waals surface area contributed by atoms with Crippen molar-refractivity contribution in [1.29, 1.82) is 0 Å². The minimum atomic E-state index is 0.617. The van der Waals surface area contributed by atoms with Crippen LogP contribution in [0, 0.1) is 5.92 Å². The molecule has 1 fully saturated rings. The number of nitrogens with one attached hydrogen (secondary N) is 1. The first-order valence-corrected chi connectivity index (χ1v) is 7.08. The van der Waals surface area contributed by atoms with Gasteiger partial charge in [-0.2, -0.15) is 0 Å². The largest absolute Gasteiger partial charge is 0.310 e. The van der Waals surface area contributed by atoms with E-state index >= 15 is 0 Å². The molecule has 0 heterocycles. The molecule has 0 saturated heterocycles. The smallest absolute Gasteiger partial charge is 0.0465 e. The Bertz CT molecular complexity index is 358. The summed E-state index contributed by atoms with van der Waals surface area (Å²) in [6.45, 7) is 3.10. The molecular formula is C14H19Cl2N. The van der Waals surface area contributed by atoms with Gasteiger partial charge in [-0.3, -0.25) is 0 Å². The zero-order valence-corrected chi connectivity index (χ0v) is 11.7. The molecule has 0 amide bonds. The summed E-state index contributed by atoms with van der Waals surface area (Å²) < 4.78 is 0. The number of benzene rings is 1. The Morgan fingerprint density at radius 1 is 1.24 bits per heavy atom. The van der Waals surface area contributed by atoms with Crippen LogP contribution in [0.4, 0.5) is 0 Å². The van der Waals surface area contributed by atoms with E-state index in [9.17, 15) is 0 Å². The first-order chi connectivity index (χ1) is 8.16. The second kappa shape index (κ2) is 6.08. The fraction of sp³-hybridized carbons (Fsp3) is 0.571. The third-order valence-corrected chi connectivity index (χ3v) is 4.27. The molecule has 2 rings (SSSR count). The lowest BCUT2D eigenvalue weighted by Gasteiger charge is -2.27. The van der Waals surface area contributed by atoms with Crippen LogP contribution in [0.3, 0.4) is 0 Å². The van der Waals surface area contributed by atoms with Crippen molar-refractivity contribution in [3.05, 3.63) is 33.8 Å². The maximum Gasteiger partial charge on any atom is 0.0465 e. The summed E-state index contributed by atoms with van der Waals surface area (Å²) in [7, 11) is 0. The van der Waals surface area contributed by atoms with E-state index in [0.717, 1.165) is 28.1 Å². The van der Waals surface area contributed by atoms with Gasteiger partial charge in [0.1, 0.15) is 0 Å². The van der Waals surface area contributed by atoms with Crippen LogP contribution in [0.1, 0.15) is 38.2 Å². The third-order valence-electron chi connectivity index (χ3n) is 3.57. The van der Waals surface area contributed by atoms with Crippen molar-refractivity contribution in [1.82, 2.24) is 5.32 Å². The topological polar surface area (TPSA) is 12.0 Å². The minimum absolute atomic E-state index is 0.617. The zero-order chi connectivity index (χ0) is 12.3. The molecule has 2 atom stereocenters. The molecule has 1 saturated carbocycles. The average Bonchev–Trinajstić information content (AvgIpc) is 2.28. The van der Waals surface area contributed by atoms with Gasteiger partial charge in [0.05, 0.1) is 0 Å². The van der Waals surface area contributed by atoms with E-state index in [2.05, 4.69) is 12.2 Å². The van der Waals surface area contributed by atoms with Crippen LogP contribution in [-0.4, -0.2) is 6.04 Å². The SMILES string of the molecule is CC1CCCC(NCc2c(Cl)cccc2Cl)C1. The van der Waals surface area contributed by atoms with Crippen molar-refractivity contribution in [3.8, 4) is 0 Å². The Morgan fingerprint density at radius 2 is 1.94 bits per heavy atom. The maximum atomic E-state index is 6.15. The summed E-state index contributed by atoms with van der Waals surface area (Å²) in [6, 6.07) is 6.30. The van der Waals surface area contributed by atoms with Crippen molar-refractivity contribution >= 4 is 23.2 Å². The highest BCUT2D eigenvalue weighted by atomic mass is 35.5. The number of hydrogen-bond donors (Lipinski definition) is 1. The molecule has 0 aliphatic heterocycles. The minimum Gasteiger partial charge on any atom is -0.310 e. The Kier molecular flexibility index (Phi) is 4.72. The summed E-state index contributed by atoms with van der Waals surface area (Å²) >= 11 is 12.3. The molecule has 0 bridgehead atoms. The standard InChI is InChI=1S/C14H19Cl2N/c1-10-4-2-5-11(8-10)17-9-12-13(15)6-3-7-14(12)16/h3,6-7,10-11,17H,2,4-5,8-9H2,1H3. The molecule has 1 aromatic rings. The highest BCUT2D eigenvalue weighted by Gasteiger charge is 2.18. The van der Waals surface area contributed by atoms with Crippen molar-refractivity contribution in [2.24, 2.45) is 5.92 Å². The van der Waals surface area contributed by atoms with Crippen LogP contribution in [0.2, 0.25) is 10.0 Å². The molecule has 2 unspecified atom stereocenters. The molecule has 0 spiro atoms. The molecule has 1 aliphatic rings. The Morgan fingerprint density at radius 3 is 2.59 bits per heavy atom. The number of halogens is 2. The van der Waals surface area contributed by atoms with E-state index in [4.69, 9.17) is 23.2 Å². The van der Waals surface area contributed by atoms with E-state index < -0.39 is 0 Å². The van der Waals surface area contributed by atoms with E-state index in [0.29, 0.717) is 6.04 Å². The van der Waals surface area contributed by atoms with Crippen LogP contribution in [0.15, 0.2) is 18.2 Å². The van der Waals surface area contributed by atoms with Crippen molar-refractivity contribution in [2.75, 3.05) is 0 Å². The van der Waals surface area contributed by atoms with Crippen molar-refractivity contribution in [3.63, 3.8) is 0 Å². The zero-order valence-electron chi connectivity index (χ0n) is 10.2. The van der Waals surface area contributed by atoms with Gasteiger partial charge in [-0.15, -0.1) is 0 Å². The fourth-order valence-electron chi connectivity index (χ4n) is 2.57.